The van der Waals surface area contributed by atoms with Gasteiger partial charge in [-0.3, -0.25) is 9.59 Å². The molecule has 0 unspecified atom stereocenters. The number of aliphatic hydroxyl groups excluding tert-OH is 1. The standard InChI is InChI=1S/C22H23NO6/c1-2-9-23-22(26)19-12-15(13-20(29-19)27-11-6-5-10-24)17-14-28-18-8-4-3-7-16(18)21(17)25/h1,3-4,7-8,12,14-15,20,24H,5-6,9-11,13H2,(H,23,26)/t15-,20+/m0/s1. The van der Waals surface area contributed by atoms with Gasteiger partial charge in [-0.25, -0.2) is 0 Å². The van der Waals surface area contributed by atoms with E-state index in [0.717, 1.165) is 0 Å². The number of nitrogens with one attached hydrogen (secondary N) is 1. The molecule has 2 atom stereocenters. The summed E-state index contributed by atoms with van der Waals surface area (Å²) in [6.45, 7) is 0.503. The van der Waals surface area contributed by atoms with Crippen molar-refractivity contribution in [1.29, 1.82) is 0 Å². The first-order valence-electron chi connectivity index (χ1n) is 9.47. The SMILES string of the molecule is C#CCNC(=O)C1=C[C@H](c2coc3ccccc3c2=O)C[C@H](OCCCCO)O1. The van der Waals surface area contributed by atoms with Crippen molar-refractivity contribution in [2.45, 2.75) is 31.5 Å². The van der Waals surface area contributed by atoms with Crippen LogP contribution in [0.4, 0.5) is 0 Å². The van der Waals surface area contributed by atoms with Gasteiger partial charge in [-0.1, -0.05) is 18.1 Å². The maximum absolute atomic E-state index is 13.0. The number of amides is 1. The minimum absolute atomic E-state index is 0.0521. The van der Waals surface area contributed by atoms with Crippen LogP contribution in [0.5, 0.6) is 0 Å². The summed E-state index contributed by atoms with van der Waals surface area (Å²) in [5.41, 5.74) is 0.775. The van der Waals surface area contributed by atoms with Crippen LogP contribution in [0.3, 0.4) is 0 Å². The Labute approximate surface area is 168 Å². The first-order chi connectivity index (χ1) is 14.1. The van der Waals surface area contributed by atoms with Crippen molar-refractivity contribution in [3.63, 3.8) is 0 Å². The highest BCUT2D eigenvalue weighted by molar-refractivity contribution is 5.92. The third kappa shape index (κ3) is 5.05. The molecule has 1 amide bonds. The number of aliphatic hydroxyl groups is 1. The van der Waals surface area contributed by atoms with Crippen LogP contribution in [0, 0.1) is 12.3 Å². The Hall–Kier alpha value is -3.08. The Bertz CT molecular complexity index is 987. The molecule has 2 aromatic rings. The maximum Gasteiger partial charge on any atom is 0.286 e. The number of hydrogen-bond donors (Lipinski definition) is 2. The summed E-state index contributed by atoms with van der Waals surface area (Å²) in [6, 6.07) is 7.00. The molecule has 0 fully saturated rings. The van der Waals surface area contributed by atoms with E-state index < -0.39 is 18.1 Å². The molecule has 1 aliphatic heterocycles. The van der Waals surface area contributed by atoms with Gasteiger partial charge in [0.1, 0.15) is 5.58 Å². The number of hydrogen-bond acceptors (Lipinski definition) is 6. The van der Waals surface area contributed by atoms with E-state index in [2.05, 4.69) is 11.2 Å². The normalized spacial score (nSPS) is 18.6. The number of ether oxygens (including phenoxy) is 2. The van der Waals surface area contributed by atoms with E-state index in [1.165, 1.54) is 6.26 Å². The molecule has 0 saturated carbocycles. The molecular formula is C22H23NO6. The van der Waals surface area contributed by atoms with Gasteiger partial charge in [-0.2, -0.15) is 0 Å². The van der Waals surface area contributed by atoms with Gasteiger partial charge in [0.25, 0.3) is 5.91 Å². The summed E-state index contributed by atoms with van der Waals surface area (Å²) in [4.78, 5) is 25.3. The first kappa shape index (κ1) is 20.6. The quantitative estimate of drug-likeness (QED) is 0.523. The number of rotatable bonds is 8. The summed E-state index contributed by atoms with van der Waals surface area (Å²) in [7, 11) is 0. The second kappa shape index (κ2) is 9.92. The summed E-state index contributed by atoms with van der Waals surface area (Å²) < 4.78 is 17.0. The molecule has 0 bridgehead atoms. The largest absolute Gasteiger partial charge is 0.464 e. The molecule has 7 heteroatoms. The second-order valence-electron chi connectivity index (χ2n) is 6.63. The van der Waals surface area contributed by atoms with Gasteiger partial charge < -0.3 is 24.3 Å². The Kier molecular flexibility index (Phi) is 7.06. The number of benzene rings is 1. The fourth-order valence-electron chi connectivity index (χ4n) is 3.13. The lowest BCUT2D eigenvalue weighted by Gasteiger charge is -2.28. The molecule has 0 spiro atoms. The van der Waals surface area contributed by atoms with Crippen LogP contribution in [0.25, 0.3) is 11.0 Å². The third-order valence-electron chi connectivity index (χ3n) is 4.59. The predicted molar refractivity (Wildman–Crippen MR) is 107 cm³/mol. The van der Waals surface area contributed by atoms with Gasteiger partial charge in [0.2, 0.25) is 6.29 Å². The molecule has 0 aliphatic carbocycles. The molecule has 0 radical (unpaired) electrons. The lowest BCUT2D eigenvalue weighted by Crippen LogP contribution is -2.34. The Morgan fingerprint density at radius 1 is 1.34 bits per heavy atom. The molecule has 1 aliphatic rings. The fraction of sp³-hybridized carbons (Fsp3) is 0.364. The topological polar surface area (TPSA) is 98.0 Å². The number of unbranched alkanes of at least 4 members (excludes halogenated alkanes) is 1. The van der Waals surface area contributed by atoms with Gasteiger partial charge in [-0.05, 0) is 31.1 Å². The van der Waals surface area contributed by atoms with Crippen molar-refractivity contribution in [2.75, 3.05) is 19.8 Å². The van der Waals surface area contributed by atoms with Gasteiger partial charge in [0.15, 0.2) is 11.2 Å². The molecule has 0 saturated heterocycles. The van der Waals surface area contributed by atoms with Crippen LogP contribution in [0.1, 0.15) is 30.7 Å². The van der Waals surface area contributed by atoms with Crippen molar-refractivity contribution >= 4 is 16.9 Å². The average molecular weight is 397 g/mol. The van der Waals surface area contributed by atoms with Crippen molar-refractivity contribution < 1.29 is 23.8 Å². The molecule has 29 heavy (non-hydrogen) atoms. The number of carbonyl (C=O) groups excluding carboxylic acids is 1. The molecule has 1 aromatic carbocycles. The molecular weight excluding hydrogens is 374 g/mol. The number of terminal acetylenes is 1. The highest BCUT2D eigenvalue weighted by atomic mass is 16.7. The molecule has 2 N–H and O–H groups in total. The lowest BCUT2D eigenvalue weighted by molar-refractivity contribution is -0.146. The summed E-state index contributed by atoms with van der Waals surface area (Å²) in [6.07, 6.45) is 9.13. The van der Waals surface area contributed by atoms with Crippen LogP contribution in [0.2, 0.25) is 0 Å². The van der Waals surface area contributed by atoms with Gasteiger partial charge in [-0.15, -0.1) is 6.42 Å². The van der Waals surface area contributed by atoms with Crippen LogP contribution in [-0.4, -0.2) is 37.1 Å². The zero-order valence-electron chi connectivity index (χ0n) is 15.9. The van der Waals surface area contributed by atoms with Gasteiger partial charge in [0, 0.05) is 24.5 Å². The van der Waals surface area contributed by atoms with Gasteiger partial charge >= 0.3 is 0 Å². The first-order valence-corrected chi connectivity index (χ1v) is 9.47. The summed E-state index contributed by atoms with van der Waals surface area (Å²) >= 11 is 0. The number of allylic oxidation sites excluding steroid dienone is 1. The Balaban J connectivity index is 1.88. The third-order valence-corrected chi connectivity index (χ3v) is 4.59. The second-order valence-corrected chi connectivity index (χ2v) is 6.63. The minimum Gasteiger partial charge on any atom is -0.464 e. The van der Waals surface area contributed by atoms with Crippen molar-refractivity contribution in [3.05, 3.63) is 58.2 Å². The van der Waals surface area contributed by atoms with Crippen LogP contribution >= 0.6 is 0 Å². The van der Waals surface area contributed by atoms with E-state index in [4.69, 9.17) is 25.4 Å². The monoisotopic (exact) mass is 397 g/mol. The van der Waals surface area contributed by atoms with E-state index in [1.807, 2.05) is 0 Å². The highest BCUT2D eigenvalue weighted by Crippen LogP contribution is 2.31. The zero-order chi connectivity index (χ0) is 20.6. The number of fused-ring (bicyclic) bond motifs is 1. The van der Waals surface area contributed by atoms with E-state index in [9.17, 15) is 9.59 Å². The maximum atomic E-state index is 13.0. The molecule has 3 rings (SSSR count). The van der Waals surface area contributed by atoms with E-state index in [-0.39, 0.29) is 24.3 Å². The Morgan fingerprint density at radius 2 is 2.17 bits per heavy atom. The van der Waals surface area contributed by atoms with E-state index >= 15 is 0 Å². The number of para-hydroxylation sites is 1. The van der Waals surface area contributed by atoms with Crippen molar-refractivity contribution in [3.8, 4) is 12.3 Å². The Morgan fingerprint density at radius 3 is 2.97 bits per heavy atom. The van der Waals surface area contributed by atoms with E-state index in [1.54, 1.807) is 30.3 Å². The van der Waals surface area contributed by atoms with Gasteiger partial charge in [0.05, 0.1) is 24.8 Å². The van der Waals surface area contributed by atoms with E-state index in [0.29, 0.717) is 42.4 Å². The lowest BCUT2D eigenvalue weighted by atomic mass is 9.93. The number of carbonyl (C=O) groups is 1. The van der Waals surface area contributed by atoms with Crippen LogP contribution in [0.15, 0.2) is 51.6 Å². The summed E-state index contributed by atoms with van der Waals surface area (Å²) in [5, 5.41) is 11.9. The molecule has 1 aromatic heterocycles. The molecule has 152 valence electrons. The fourth-order valence-corrected chi connectivity index (χ4v) is 3.13. The van der Waals surface area contributed by atoms with Crippen molar-refractivity contribution in [1.82, 2.24) is 5.32 Å². The van der Waals surface area contributed by atoms with Crippen LogP contribution in [-0.2, 0) is 14.3 Å². The smallest absolute Gasteiger partial charge is 0.286 e. The average Bonchev–Trinajstić information content (AvgIpc) is 2.75. The van der Waals surface area contributed by atoms with Crippen LogP contribution < -0.4 is 10.7 Å². The molecule has 2 heterocycles. The van der Waals surface area contributed by atoms with Crippen molar-refractivity contribution in [2.24, 2.45) is 0 Å². The summed E-state index contributed by atoms with van der Waals surface area (Å²) in [5.74, 6) is 1.50. The predicted octanol–water partition coefficient (Wildman–Crippen LogP) is 2.05. The molecule has 7 nitrogen and oxygen atoms in total. The zero-order valence-corrected chi connectivity index (χ0v) is 15.9. The minimum atomic E-state index is -0.707. The highest BCUT2D eigenvalue weighted by Gasteiger charge is 2.30.